The number of hydrogen-bond acceptors (Lipinski definition) is 3. The molecule has 0 aromatic heterocycles. The monoisotopic (exact) mass is 275 g/mol. The van der Waals surface area contributed by atoms with Gasteiger partial charge in [0, 0.05) is 6.54 Å². The molecule has 1 aliphatic rings. The van der Waals surface area contributed by atoms with E-state index in [2.05, 4.69) is 64.5 Å². The van der Waals surface area contributed by atoms with Crippen LogP contribution in [0.2, 0.25) is 0 Å². The Kier molecular flexibility index (Phi) is 4.38. The molecule has 2 aromatic carbocycles. The summed E-state index contributed by atoms with van der Waals surface area (Å²) in [6.07, 6.45) is 1.84. The van der Waals surface area contributed by atoms with Crippen LogP contribution in [0.1, 0.15) is 17.2 Å². The third kappa shape index (κ3) is 3.54. The lowest BCUT2D eigenvalue weighted by Gasteiger charge is -2.30. The zero-order valence-electron chi connectivity index (χ0n) is 11.8. The highest BCUT2D eigenvalue weighted by Gasteiger charge is 2.18. The van der Waals surface area contributed by atoms with Crippen LogP contribution in [0.25, 0.3) is 0 Å². The first-order valence-corrected chi connectivity index (χ1v) is 7.13. The molecule has 1 heterocycles. The van der Waals surface area contributed by atoms with Crippen LogP contribution in [-0.4, -0.2) is 20.7 Å². The van der Waals surface area contributed by atoms with Crippen molar-refractivity contribution >= 4 is 7.85 Å². The molecule has 1 atom stereocenters. The lowest BCUT2D eigenvalue weighted by atomic mass is 9.96. The molecule has 0 spiro atoms. The van der Waals surface area contributed by atoms with E-state index >= 15 is 0 Å². The van der Waals surface area contributed by atoms with Gasteiger partial charge in [-0.05, 0) is 17.3 Å². The van der Waals surface area contributed by atoms with Gasteiger partial charge in [0.1, 0.15) is 14.1 Å². The number of hydrogen-bond donors (Lipinski definition) is 3. The second kappa shape index (κ2) is 6.61. The van der Waals surface area contributed by atoms with Crippen molar-refractivity contribution in [3.8, 4) is 0 Å². The van der Waals surface area contributed by atoms with E-state index in [1.165, 1.54) is 11.1 Å². The lowest BCUT2D eigenvalue weighted by Crippen LogP contribution is -2.55. The minimum Gasteiger partial charge on any atom is -0.365 e. The van der Waals surface area contributed by atoms with Crippen LogP contribution in [0.5, 0.6) is 0 Å². The fraction of sp³-hybridized carbons (Fsp3) is 0.176. The van der Waals surface area contributed by atoms with Crippen LogP contribution < -0.4 is 16.0 Å². The second-order valence-corrected chi connectivity index (χ2v) is 5.12. The standard InChI is InChI=1S/C17H18BN3/c18-15-11-19-17(20-12-15)21-16(13-7-3-1-4-8-13)14-9-5-2-6-10-14/h1-11,16-17,19-21H,12H2. The molecule has 0 saturated heterocycles. The maximum atomic E-state index is 5.76. The SMILES string of the molecule is [B]C1=CNC(NC(c2ccccc2)c2ccccc2)NC1. The summed E-state index contributed by atoms with van der Waals surface area (Å²) in [6.45, 7) is 0.682. The zero-order valence-corrected chi connectivity index (χ0v) is 11.8. The smallest absolute Gasteiger partial charge is 0.132 e. The summed E-state index contributed by atoms with van der Waals surface area (Å²) >= 11 is 0. The first kappa shape index (κ1) is 13.9. The van der Waals surface area contributed by atoms with E-state index in [1.54, 1.807) is 0 Å². The average Bonchev–Trinajstić information content (AvgIpc) is 2.56. The van der Waals surface area contributed by atoms with Crippen LogP contribution in [0, 0.1) is 0 Å². The molecule has 2 radical (unpaired) electrons. The Bertz CT molecular complexity index is 558. The summed E-state index contributed by atoms with van der Waals surface area (Å²) in [5.41, 5.74) is 3.27. The normalized spacial score (nSPS) is 18.1. The van der Waals surface area contributed by atoms with Crippen LogP contribution in [0.4, 0.5) is 0 Å². The van der Waals surface area contributed by atoms with Gasteiger partial charge in [0.15, 0.2) is 0 Å². The first-order valence-electron chi connectivity index (χ1n) is 7.13. The van der Waals surface area contributed by atoms with Gasteiger partial charge in [-0.2, -0.15) is 0 Å². The molecule has 0 aliphatic carbocycles. The van der Waals surface area contributed by atoms with E-state index in [9.17, 15) is 0 Å². The molecule has 0 amide bonds. The summed E-state index contributed by atoms with van der Waals surface area (Å²) in [4.78, 5) is 0. The van der Waals surface area contributed by atoms with Crippen LogP contribution in [0.3, 0.4) is 0 Å². The summed E-state index contributed by atoms with van der Waals surface area (Å²) in [5, 5.41) is 10.1. The number of rotatable bonds is 4. The fourth-order valence-corrected chi connectivity index (χ4v) is 2.47. The second-order valence-electron chi connectivity index (χ2n) is 5.12. The predicted molar refractivity (Wildman–Crippen MR) is 86.6 cm³/mol. The summed E-state index contributed by atoms with van der Waals surface area (Å²) in [6, 6.07) is 21.0. The van der Waals surface area contributed by atoms with Crippen LogP contribution >= 0.6 is 0 Å². The molecule has 2 aromatic rings. The zero-order chi connectivity index (χ0) is 14.5. The van der Waals surface area contributed by atoms with E-state index < -0.39 is 0 Å². The van der Waals surface area contributed by atoms with Crippen molar-refractivity contribution in [3.05, 3.63) is 83.5 Å². The maximum Gasteiger partial charge on any atom is 0.132 e. The summed E-state index contributed by atoms with van der Waals surface area (Å²) < 4.78 is 0. The van der Waals surface area contributed by atoms with Crippen molar-refractivity contribution < 1.29 is 0 Å². The minimum atomic E-state index is -0.0114. The third-order valence-corrected chi connectivity index (χ3v) is 3.54. The minimum absolute atomic E-state index is 0.0114. The Balaban J connectivity index is 1.83. The summed E-state index contributed by atoms with van der Waals surface area (Å²) in [5.74, 6) is 0. The van der Waals surface area contributed by atoms with Crippen molar-refractivity contribution in [3.63, 3.8) is 0 Å². The van der Waals surface area contributed by atoms with Gasteiger partial charge in [-0.15, -0.1) is 0 Å². The molecule has 4 heteroatoms. The highest BCUT2D eigenvalue weighted by molar-refractivity contribution is 6.21. The number of nitrogens with one attached hydrogen (secondary N) is 3. The topological polar surface area (TPSA) is 36.1 Å². The van der Waals surface area contributed by atoms with E-state index in [-0.39, 0.29) is 12.3 Å². The molecule has 0 saturated carbocycles. The van der Waals surface area contributed by atoms with Gasteiger partial charge in [-0.3, -0.25) is 10.6 Å². The predicted octanol–water partition coefficient (Wildman–Crippen LogP) is 1.85. The van der Waals surface area contributed by atoms with Crippen molar-refractivity contribution in [2.24, 2.45) is 0 Å². The maximum absolute atomic E-state index is 5.76. The summed E-state index contributed by atoms with van der Waals surface area (Å²) in [7, 11) is 5.76. The van der Waals surface area contributed by atoms with E-state index in [0.717, 1.165) is 5.47 Å². The molecule has 0 bridgehead atoms. The molecular weight excluding hydrogens is 257 g/mol. The van der Waals surface area contributed by atoms with Gasteiger partial charge >= 0.3 is 0 Å². The van der Waals surface area contributed by atoms with Crippen LogP contribution in [-0.2, 0) is 0 Å². The van der Waals surface area contributed by atoms with Gasteiger partial charge in [-0.25, -0.2) is 0 Å². The van der Waals surface area contributed by atoms with Crippen molar-refractivity contribution in [1.29, 1.82) is 0 Å². The third-order valence-electron chi connectivity index (χ3n) is 3.54. The molecule has 1 aliphatic heterocycles. The van der Waals surface area contributed by atoms with Crippen molar-refractivity contribution in [2.75, 3.05) is 6.54 Å². The Morgan fingerprint density at radius 3 is 2.00 bits per heavy atom. The Morgan fingerprint density at radius 2 is 1.52 bits per heavy atom. The molecule has 3 rings (SSSR count). The van der Waals surface area contributed by atoms with Gasteiger partial charge in [-0.1, -0.05) is 66.1 Å². The quantitative estimate of drug-likeness (QED) is 0.745. The lowest BCUT2D eigenvalue weighted by molar-refractivity contribution is 0.365. The van der Waals surface area contributed by atoms with Crippen molar-refractivity contribution in [1.82, 2.24) is 16.0 Å². The molecular formula is C17H18BN3. The Hall–Kier alpha value is -2.04. The average molecular weight is 275 g/mol. The largest absolute Gasteiger partial charge is 0.365 e. The highest BCUT2D eigenvalue weighted by Crippen LogP contribution is 2.22. The number of benzene rings is 2. The molecule has 21 heavy (non-hydrogen) atoms. The molecule has 1 unspecified atom stereocenters. The van der Waals surface area contributed by atoms with Crippen molar-refractivity contribution in [2.45, 2.75) is 12.3 Å². The van der Waals surface area contributed by atoms with Gasteiger partial charge in [0.05, 0.1) is 6.04 Å². The van der Waals surface area contributed by atoms with E-state index in [1.807, 2.05) is 18.3 Å². The Morgan fingerprint density at radius 1 is 0.952 bits per heavy atom. The molecule has 0 fully saturated rings. The molecule has 3 nitrogen and oxygen atoms in total. The fourth-order valence-electron chi connectivity index (χ4n) is 2.47. The Labute approximate surface area is 126 Å². The molecule has 3 N–H and O–H groups in total. The highest BCUT2D eigenvalue weighted by atomic mass is 15.3. The molecule has 104 valence electrons. The first-order chi connectivity index (χ1) is 10.3. The van der Waals surface area contributed by atoms with Gasteiger partial charge < -0.3 is 5.32 Å². The van der Waals surface area contributed by atoms with Crippen LogP contribution in [0.15, 0.2) is 72.3 Å². The van der Waals surface area contributed by atoms with E-state index in [0.29, 0.717) is 6.54 Å². The van der Waals surface area contributed by atoms with Gasteiger partial charge in [0.25, 0.3) is 0 Å². The van der Waals surface area contributed by atoms with E-state index in [4.69, 9.17) is 7.85 Å². The van der Waals surface area contributed by atoms with Gasteiger partial charge in [0.2, 0.25) is 0 Å².